The first kappa shape index (κ1) is 15.8. The van der Waals surface area contributed by atoms with Crippen molar-refractivity contribution in [2.24, 2.45) is 5.92 Å². The van der Waals surface area contributed by atoms with Crippen molar-refractivity contribution in [1.82, 2.24) is 10.2 Å². The molecule has 1 aliphatic heterocycles. The quantitative estimate of drug-likeness (QED) is 0.626. The molecule has 3 N–H and O–H groups in total. The standard InChI is InChI=1S/C14H22N2O5/c17-11(14(20)21)5-6-15-13(19)9-7-12(18)16(8-9)10-3-1-2-4-10/h9-11,17H,1-8H2,(H,15,19)(H,20,21)/t9?,11-/m0/s1. The Morgan fingerprint density at radius 2 is 2.00 bits per heavy atom. The zero-order chi connectivity index (χ0) is 15.4. The molecule has 0 aromatic carbocycles. The van der Waals surface area contributed by atoms with E-state index in [1.54, 1.807) is 0 Å². The van der Waals surface area contributed by atoms with Crippen LogP contribution in [0.1, 0.15) is 38.5 Å². The Labute approximate surface area is 123 Å². The number of likely N-dealkylation sites (tertiary alicyclic amines) is 1. The molecule has 2 aliphatic rings. The minimum atomic E-state index is -1.47. The van der Waals surface area contributed by atoms with Crippen LogP contribution in [0.15, 0.2) is 0 Å². The smallest absolute Gasteiger partial charge is 0.332 e. The second-order valence-corrected chi connectivity index (χ2v) is 5.82. The summed E-state index contributed by atoms with van der Waals surface area (Å²) in [4.78, 5) is 36.2. The third-order valence-corrected chi connectivity index (χ3v) is 4.30. The van der Waals surface area contributed by atoms with Gasteiger partial charge in [-0.2, -0.15) is 0 Å². The number of carbonyl (C=O) groups excluding carboxylic acids is 2. The van der Waals surface area contributed by atoms with Crippen LogP contribution in [0.3, 0.4) is 0 Å². The zero-order valence-corrected chi connectivity index (χ0v) is 12.0. The average Bonchev–Trinajstić information content (AvgIpc) is 3.07. The summed E-state index contributed by atoms with van der Waals surface area (Å²) in [7, 11) is 0. The highest BCUT2D eigenvalue weighted by atomic mass is 16.4. The van der Waals surface area contributed by atoms with Crippen LogP contribution >= 0.6 is 0 Å². The molecule has 2 rings (SSSR count). The minimum absolute atomic E-state index is 0.0337. The van der Waals surface area contributed by atoms with Gasteiger partial charge in [-0.1, -0.05) is 12.8 Å². The number of carboxylic acids is 1. The summed E-state index contributed by atoms with van der Waals surface area (Å²) in [5, 5.41) is 20.3. The molecule has 1 unspecified atom stereocenters. The summed E-state index contributed by atoms with van der Waals surface area (Å²) in [6.07, 6.45) is 3.04. The Hall–Kier alpha value is -1.63. The highest BCUT2D eigenvalue weighted by molar-refractivity contribution is 5.89. The molecule has 0 spiro atoms. The number of hydrogen-bond acceptors (Lipinski definition) is 4. The van der Waals surface area contributed by atoms with E-state index in [1.165, 1.54) is 0 Å². The van der Waals surface area contributed by atoms with Gasteiger partial charge in [-0.15, -0.1) is 0 Å². The first-order valence-corrected chi connectivity index (χ1v) is 7.47. The molecule has 7 nitrogen and oxygen atoms in total. The molecule has 1 heterocycles. The monoisotopic (exact) mass is 298 g/mol. The van der Waals surface area contributed by atoms with E-state index in [0.29, 0.717) is 6.54 Å². The van der Waals surface area contributed by atoms with E-state index in [4.69, 9.17) is 10.2 Å². The number of nitrogens with zero attached hydrogens (tertiary/aromatic N) is 1. The van der Waals surface area contributed by atoms with Gasteiger partial charge in [-0.25, -0.2) is 4.79 Å². The SMILES string of the molecule is O=C(NCC[C@H](O)C(=O)O)C1CC(=O)N(C2CCCC2)C1. The Kier molecular flexibility index (Phi) is 5.17. The number of nitrogens with one attached hydrogen (secondary N) is 1. The summed E-state index contributed by atoms with van der Waals surface area (Å²) in [5.41, 5.74) is 0. The maximum Gasteiger partial charge on any atom is 0.332 e. The number of hydrogen-bond donors (Lipinski definition) is 3. The van der Waals surface area contributed by atoms with Crippen LogP contribution in [0, 0.1) is 5.92 Å². The van der Waals surface area contributed by atoms with Gasteiger partial charge in [0.25, 0.3) is 0 Å². The van der Waals surface area contributed by atoms with Crippen molar-refractivity contribution >= 4 is 17.8 Å². The van der Waals surface area contributed by atoms with Gasteiger partial charge in [0.05, 0.1) is 5.92 Å². The topological polar surface area (TPSA) is 107 Å². The van der Waals surface area contributed by atoms with Gasteiger partial charge in [0.2, 0.25) is 11.8 Å². The molecule has 118 valence electrons. The zero-order valence-electron chi connectivity index (χ0n) is 12.0. The fraction of sp³-hybridized carbons (Fsp3) is 0.786. The molecule has 0 aromatic heterocycles. The second kappa shape index (κ2) is 6.89. The number of rotatable bonds is 6. The van der Waals surface area contributed by atoms with E-state index in [0.717, 1.165) is 25.7 Å². The number of aliphatic hydroxyl groups excluding tert-OH is 1. The molecule has 21 heavy (non-hydrogen) atoms. The molecule has 0 radical (unpaired) electrons. The van der Waals surface area contributed by atoms with Gasteiger partial charge >= 0.3 is 5.97 Å². The van der Waals surface area contributed by atoms with Crippen LogP contribution in [0.5, 0.6) is 0 Å². The molecule has 1 saturated heterocycles. The molecule has 1 saturated carbocycles. The highest BCUT2D eigenvalue weighted by Gasteiger charge is 2.38. The Morgan fingerprint density at radius 3 is 2.62 bits per heavy atom. The van der Waals surface area contributed by atoms with Crippen molar-refractivity contribution in [3.8, 4) is 0 Å². The number of aliphatic carboxylic acids is 1. The van der Waals surface area contributed by atoms with Crippen LogP contribution in [0.4, 0.5) is 0 Å². The molecule has 2 amide bonds. The second-order valence-electron chi connectivity index (χ2n) is 5.82. The van der Waals surface area contributed by atoms with Gasteiger partial charge in [-0.3, -0.25) is 9.59 Å². The summed E-state index contributed by atoms with van der Waals surface area (Å²) < 4.78 is 0. The van der Waals surface area contributed by atoms with Crippen molar-refractivity contribution in [3.05, 3.63) is 0 Å². The molecular weight excluding hydrogens is 276 g/mol. The number of aliphatic hydroxyl groups is 1. The van der Waals surface area contributed by atoms with Crippen molar-refractivity contribution in [3.63, 3.8) is 0 Å². The van der Waals surface area contributed by atoms with Crippen LogP contribution in [-0.2, 0) is 14.4 Å². The van der Waals surface area contributed by atoms with E-state index in [1.807, 2.05) is 4.90 Å². The van der Waals surface area contributed by atoms with Crippen LogP contribution < -0.4 is 5.32 Å². The maximum absolute atomic E-state index is 12.0. The number of carbonyl (C=O) groups is 3. The van der Waals surface area contributed by atoms with Gasteiger partial charge in [0.15, 0.2) is 6.10 Å². The van der Waals surface area contributed by atoms with Crippen LogP contribution in [0.25, 0.3) is 0 Å². The molecule has 2 fully saturated rings. The van der Waals surface area contributed by atoms with E-state index in [-0.39, 0.29) is 43.2 Å². The van der Waals surface area contributed by atoms with Crippen molar-refractivity contribution in [2.45, 2.75) is 50.7 Å². The lowest BCUT2D eigenvalue weighted by atomic mass is 10.1. The van der Waals surface area contributed by atoms with Crippen molar-refractivity contribution in [2.75, 3.05) is 13.1 Å². The Bertz CT molecular complexity index is 420. The average molecular weight is 298 g/mol. The maximum atomic E-state index is 12.0. The normalized spacial score (nSPS) is 24.3. The molecule has 0 bridgehead atoms. The van der Waals surface area contributed by atoms with E-state index in [2.05, 4.69) is 5.32 Å². The Morgan fingerprint density at radius 1 is 1.33 bits per heavy atom. The molecular formula is C14H22N2O5. The van der Waals surface area contributed by atoms with E-state index in [9.17, 15) is 14.4 Å². The lowest BCUT2D eigenvalue weighted by Gasteiger charge is -2.23. The fourth-order valence-corrected chi connectivity index (χ4v) is 3.08. The molecule has 7 heteroatoms. The van der Waals surface area contributed by atoms with Crippen LogP contribution in [0.2, 0.25) is 0 Å². The Balaban J connectivity index is 1.76. The third kappa shape index (κ3) is 3.93. The summed E-state index contributed by atoms with van der Waals surface area (Å²) >= 11 is 0. The van der Waals surface area contributed by atoms with E-state index < -0.39 is 12.1 Å². The highest BCUT2D eigenvalue weighted by Crippen LogP contribution is 2.29. The van der Waals surface area contributed by atoms with E-state index >= 15 is 0 Å². The van der Waals surface area contributed by atoms with Gasteiger partial charge < -0.3 is 20.4 Å². The van der Waals surface area contributed by atoms with Gasteiger partial charge in [0.1, 0.15) is 0 Å². The summed E-state index contributed by atoms with van der Waals surface area (Å²) in [5.74, 6) is -1.86. The fourth-order valence-electron chi connectivity index (χ4n) is 3.08. The predicted octanol–water partition coefficient (Wildman–Crippen LogP) is -0.271. The first-order chi connectivity index (χ1) is 9.99. The van der Waals surface area contributed by atoms with Crippen molar-refractivity contribution < 1.29 is 24.6 Å². The molecule has 2 atom stereocenters. The largest absolute Gasteiger partial charge is 0.479 e. The molecule has 0 aromatic rings. The lowest BCUT2D eigenvalue weighted by molar-refractivity contribution is -0.147. The first-order valence-electron chi connectivity index (χ1n) is 7.47. The summed E-state index contributed by atoms with van der Waals surface area (Å²) in [6, 6.07) is 0.282. The lowest BCUT2D eigenvalue weighted by Crippen LogP contribution is -2.37. The number of carboxylic acid groups (broad SMARTS) is 1. The van der Waals surface area contributed by atoms with Crippen molar-refractivity contribution in [1.29, 1.82) is 0 Å². The number of amides is 2. The summed E-state index contributed by atoms with van der Waals surface area (Å²) in [6.45, 7) is 0.553. The predicted molar refractivity (Wildman–Crippen MR) is 73.3 cm³/mol. The van der Waals surface area contributed by atoms with Gasteiger partial charge in [-0.05, 0) is 12.8 Å². The van der Waals surface area contributed by atoms with Gasteiger partial charge in [0, 0.05) is 32.0 Å². The third-order valence-electron chi connectivity index (χ3n) is 4.30. The molecule has 1 aliphatic carbocycles. The minimum Gasteiger partial charge on any atom is -0.479 e. The van der Waals surface area contributed by atoms with Crippen LogP contribution in [-0.4, -0.2) is 58.1 Å².